The van der Waals surface area contributed by atoms with Crippen LogP contribution in [-0.4, -0.2) is 61.0 Å². The standard InChI is InChI=1S/C40H78N2O4/c1-7-11-13-15-17-19-21-25-31-37(32-26-22-23-27-34-40(44)46-45-38(9-3)10-4)42(39(43)33-28-30-35-41(5)6)36-29-24-20-18-16-14-12-8-2/h27,34,37-38H,7-26,28-33,35-36H2,1-6H3. The minimum Gasteiger partial charge on any atom is -0.340 e. The van der Waals surface area contributed by atoms with E-state index in [2.05, 4.69) is 37.7 Å². The number of carbonyl (C=O) groups is 2. The molecule has 0 aliphatic rings. The lowest BCUT2D eigenvalue weighted by Gasteiger charge is -2.33. The van der Waals surface area contributed by atoms with Gasteiger partial charge in [-0.05, 0) is 78.4 Å². The van der Waals surface area contributed by atoms with Crippen molar-refractivity contribution in [2.45, 2.75) is 207 Å². The number of nitrogens with zero attached hydrogens (tertiary/aromatic N) is 2. The molecule has 46 heavy (non-hydrogen) atoms. The van der Waals surface area contributed by atoms with Crippen LogP contribution in [0.2, 0.25) is 0 Å². The molecule has 0 radical (unpaired) electrons. The van der Waals surface area contributed by atoms with Crippen LogP contribution >= 0.6 is 0 Å². The maximum Gasteiger partial charge on any atom is 0.365 e. The molecule has 0 rings (SSSR count). The van der Waals surface area contributed by atoms with Gasteiger partial charge in [0.25, 0.3) is 0 Å². The van der Waals surface area contributed by atoms with E-state index in [-0.39, 0.29) is 6.10 Å². The van der Waals surface area contributed by atoms with E-state index in [9.17, 15) is 9.59 Å². The molecule has 272 valence electrons. The zero-order chi connectivity index (χ0) is 34.1. The fraction of sp³-hybridized carbons (Fsp3) is 0.900. The van der Waals surface area contributed by atoms with Crippen molar-refractivity contribution < 1.29 is 19.4 Å². The maximum atomic E-state index is 13.7. The average Bonchev–Trinajstić information content (AvgIpc) is 3.04. The number of hydrogen-bond acceptors (Lipinski definition) is 5. The predicted octanol–water partition coefficient (Wildman–Crippen LogP) is 11.4. The molecule has 0 aromatic heterocycles. The summed E-state index contributed by atoms with van der Waals surface area (Å²) in [6.45, 7) is 10.5. The highest BCUT2D eigenvalue weighted by Gasteiger charge is 2.22. The smallest absolute Gasteiger partial charge is 0.340 e. The molecule has 0 N–H and O–H groups in total. The van der Waals surface area contributed by atoms with Crippen molar-refractivity contribution in [1.82, 2.24) is 9.80 Å². The quantitative estimate of drug-likeness (QED) is 0.0300. The molecule has 0 aliphatic heterocycles. The Labute approximate surface area is 286 Å². The molecule has 0 saturated carbocycles. The van der Waals surface area contributed by atoms with Crippen LogP contribution < -0.4 is 0 Å². The Hall–Kier alpha value is -1.40. The fourth-order valence-corrected chi connectivity index (χ4v) is 6.13. The van der Waals surface area contributed by atoms with Crippen LogP contribution in [0.3, 0.4) is 0 Å². The Morgan fingerprint density at radius 3 is 1.65 bits per heavy atom. The highest BCUT2D eigenvalue weighted by molar-refractivity contribution is 5.81. The van der Waals surface area contributed by atoms with Crippen molar-refractivity contribution in [3.63, 3.8) is 0 Å². The van der Waals surface area contributed by atoms with Gasteiger partial charge >= 0.3 is 5.97 Å². The molecule has 0 bridgehead atoms. The van der Waals surface area contributed by atoms with Crippen molar-refractivity contribution in [1.29, 1.82) is 0 Å². The van der Waals surface area contributed by atoms with Gasteiger partial charge in [0.1, 0.15) is 6.10 Å². The SMILES string of the molecule is CCCCCCCCCCC(CCCCC=CC(=O)OOC(CC)CC)N(CCCCCCCCCC)C(=O)CCCCN(C)C. The summed E-state index contributed by atoms with van der Waals surface area (Å²) in [5, 5.41) is 0. The monoisotopic (exact) mass is 651 g/mol. The molecule has 1 atom stereocenters. The van der Waals surface area contributed by atoms with Crippen LogP contribution in [0.5, 0.6) is 0 Å². The van der Waals surface area contributed by atoms with Crippen LogP contribution in [0.1, 0.15) is 195 Å². The highest BCUT2D eigenvalue weighted by Crippen LogP contribution is 2.21. The van der Waals surface area contributed by atoms with Crippen LogP contribution in [-0.2, 0) is 19.4 Å². The molecule has 0 heterocycles. The minimum absolute atomic E-state index is 0.0419. The summed E-state index contributed by atoms with van der Waals surface area (Å²) in [5.41, 5.74) is 0. The second-order valence-electron chi connectivity index (χ2n) is 13.9. The molecule has 0 saturated heterocycles. The first-order valence-electron chi connectivity index (χ1n) is 19.9. The number of unbranched alkanes of at least 4 members (excludes halogenated alkanes) is 17. The van der Waals surface area contributed by atoms with Crippen LogP contribution in [0, 0.1) is 0 Å². The maximum absolute atomic E-state index is 13.7. The van der Waals surface area contributed by atoms with E-state index in [1.165, 1.54) is 102 Å². The van der Waals surface area contributed by atoms with E-state index in [1.807, 2.05) is 19.9 Å². The van der Waals surface area contributed by atoms with Crippen LogP contribution in [0.15, 0.2) is 12.2 Å². The third kappa shape index (κ3) is 27.7. The summed E-state index contributed by atoms with van der Waals surface area (Å²) in [6, 6.07) is 0.327. The Morgan fingerprint density at radius 2 is 1.11 bits per heavy atom. The molecule has 0 fully saturated rings. The molecule has 6 nitrogen and oxygen atoms in total. The summed E-state index contributed by atoms with van der Waals surface area (Å²) in [6.07, 6.45) is 33.6. The fourth-order valence-electron chi connectivity index (χ4n) is 6.13. The summed E-state index contributed by atoms with van der Waals surface area (Å²) in [7, 11) is 4.21. The van der Waals surface area contributed by atoms with Gasteiger partial charge in [-0.3, -0.25) is 9.68 Å². The number of rotatable bonds is 34. The molecule has 0 aliphatic carbocycles. The predicted molar refractivity (Wildman–Crippen MR) is 197 cm³/mol. The van der Waals surface area contributed by atoms with Crippen molar-refractivity contribution in [2.24, 2.45) is 0 Å². The van der Waals surface area contributed by atoms with Crippen LogP contribution in [0.25, 0.3) is 0 Å². The number of allylic oxidation sites excluding steroid dienone is 1. The summed E-state index contributed by atoms with van der Waals surface area (Å²) in [4.78, 5) is 40.4. The first-order chi connectivity index (χ1) is 22.4. The van der Waals surface area contributed by atoms with Gasteiger partial charge in [-0.1, -0.05) is 137 Å². The van der Waals surface area contributed by atoms with Crippen molar-refractivity contribution in [3.8, 4) is 0 Å². The van der Waals surface area contributed by atoms with Crippen LogP contribution in [0.4, 0.5) is 0 Å². The van der Waals surface area contributed by atoms with Gasteiger partial charge in [0.15, 0.2) is 0 Å². The van der Waals surface area contributed by atoms with E-state index in [1.54, 1.807) is 0 Å². The second kappa shape index (κ2) is 33.5. The summed E-state index contributed by atoms with van der Waals surface area (Å²) < 4.78 is 0. The Bertz CT molecular complexity index is 707. The zero-order valence-corrected chi connectivity index (χ0v) is 31.6. The van der Waals surface area contributed by atoms with Gasteiger partial charge in [-0.15, -0.1) is 0 Å². The lowest BCUT2D eigenvalue weighted by molar-refractivity contribution is -0.294. The lowest BCUT2D eigenvalue weighted by Crippen LogP contribution is -2.41. The molecular weight excluding hydrogens is 572 g/mol. The Kier molecular flexibility index (Phi) is 32.5. The third-order valence-corrected chi connectivity index (χ3v) is 9.24. The summed E-state index contributed by atoms with van der Waals surface area (Å²) >= 11 is 0. The van der Waals surface area contributed by atoms with E-state index in [0.29, 0.717) is 18.4 Å². The number of carbonyl (C=O) groups excluding carboxylic acids is 2. The van der Waals surface area contributed by atoms with Gasteiger partial charge in [0.2, 0.25) is 5.91 Å². The van der Waals surface area contributed by atoms with Gasteiger partial charge in [0.05, 0.1) is 0 Å². The molecule has 0 spiro atoms. The zero-order valence-electron chi connectivity index (χ0n) is 31.6. The molecule has 0 aromatic carbocycles. The van der Waals surface area contributed by atoms with Crippen molar-refractivity contribution >= 4 is 11.9 Å². The van der Waals surface area contributed by atoms with Gasteiger partial charge in [0, 0.05) is 25.1 Å². The molecule has 6 heteroatoms. The van der Waals surface area contributed by atoms with E-state index >= 15 is 0 Å². The third-order valence-electron chi connectivity index (χ3n) is 9.24. The lowest BCUT2D eigenvalue weighted by atomic mass is 9.98. The van der Waals surface area contributed by atoms with Crippen molar-refractivity contribution in [3.05, 3.63) is 12.2 Å². The minimum atomic E-state index is -0.434. The summed E-state index contributed by atoms with van der Waals surface area (Å²) in [5.74, 6) is -0.0674. The van der Waals surface area contributed by atoms with E-state index in [0.717, 1.165) is 77.3 Å². The molecular formula is C40H78N2O4. The molecule has 1 unspecified atom stereocenters. The van der Waals surface area contributed by atoms with Gasteiger partial charge < -0.3 is 9.80 Å². The van der Waals surface area contributed by atoms with Gasteiger partial charge in [-0.25, -0.2) is 4.79 Å². The van der Waals surface area contributed by atoms with Crippen molar-refractivity contribution in [2.75, 3.05) is 27.2 Å². The van der Waals surface area contributed by atoms with E-state index < -0.39 is 5.97 Å². The van der Waals surface area contributed by atoms with E-state index in [4.69, 9.17) is 9.78 Å². The highest BCUT2D eigenvalue weighted by atomic mass is 17.2. The topological polar surface area (TPSA) is 59.1 Å². The molecule has 0 aromatic rings. The van der Waals surface area contributed by atoms with Gasteiger partial charge in [-0.2, -0.15) is 4.89 Å². The largest absolute Gasteiger partial charge is 0.365 e. The first kappa shape index (κ1) is 44.6. The number of hydrogen-bond donors (Lipinski definition) is 0. The normalized spacial score (nSPS) is 12.4. The second-order valence-corrected chi connectivity index (χ2v) is 13.9. The average molecular weight is 651 g/mol. The Balaban J connectivity index is 5.11. The first-order valence-corrected chi connectivity index (χ1v) is 19.9. The Morgan fingerprint density at radius 1 is 0.609 bits per heavy atom. The number of amides is 1. The molecule has 1 amide bonds.